The fraction of sp³-hybridized carbons (Fsp3) is 0.565. The number of rotatable bonds is 6. The van der Waals surface area contributed by atoms with Gasteiger partial charge < -0.3 is 10.1 Å². The van der Waals surface area contributed by atoms with E-state index < -0.39 is 11.9 Å². The SMILES string of the molecule is FC(F)(F)c1ncc(CNCC[C@@]2(c3ccccn3)CCOC3(CCCC3)C2)cc1Br. The maximum atomic E-state index is 12.9. The summed E-state index contributed by atoms with van der Waals surface area (Å²) in [5.41, 5.74) is 0.860. The number of hydrogen-bond donors (Lipinski definition) is 1. The van der Waals surface area contributed by atoms with Gasteiger partial charge >= 0.3 is 6.18 Å². The van der Waals surface area contributed by atoms with Crippen LogP contribution in [-0.2, 0) is 22.9 Å². The van der Waals surface area contributed by atoms with Gasteiger partial charge in [0, 0.05) is 41.1 Å². The number of aromatic nitrogens is 2. The number of alkyl halides is 3. The number of halogens is 4. The molecule has 1 saturated heterocycles. The van der Waals surface area contributed by atoms with E-state index in [4.69, 9.17) is 9.72 Å². The van der Waals surface area contributed by atoms with E-state index in [2.05, 4.69) is 32.3 Å². The molecule has 2 fully saturated rings. The summed E-state index contributed by atoms with van der Waals surface area (Å²) in [4.78, 5) is 8.29. The molecule has 1 atom stereocenters. The van der Waals surface area contributed by atoms with E-state index in [1.807, 2.05) is 18.3 Å². The number of nitrogens with one attached hydrogen (secondary N) is 1. The fourth-order valence-corrected chi connectivity index (χ4v) is 5.76. The molecule has 1 N–H and O–H groups in total. The van der Waals surface area contributed by atoms with E-state index in [1.54, 1.807) is 0 Å². The minimum absolute atomic E-state index is 0.0298. The summed E-state index contributed by atoms with van der Waals surface area (Å²) in [6.45, 7) is 1.95. The lowest BCUT2D eigenvalue weighted by atomic mass is 9.68. The Hall–Kier alpha value is -1.51. The van der Waals surface area contributed by atoms with Gasteiger partial charge in [0.05, 0.1) is 5.60 Å². The highest BCUT2D eigenvalue weighted by Gasteiger charge is 2.48. The van der Waals surface area contributed by atoms with Crippen molar-refractivity contribution in [2.45, 2.75) is 68.7 Å². The minimum Gasteiger partial charge on any atom is -0.375 e. The molecule has 0 aromatic carbocycles. The second-order valence-electron chi connectivity index (χ2n) is 8.76. The first-order valence-electron chi connectivity index (χ1n) is 10.8. The quantitative estimate of drug-likeness (QED) is 0.512. The first-order chi connectivity index (χ1) is 14.8. The lowest BCUT2D eigenvalue weighted by Gasteiger charge is -2.46. The van der Waals surface area contributed by atoms with Crippen LogP contribution in [0.15, 0.2) is 41.1 Å². The van der Waals surface area contributed by atoms with Crippen LogP contribution >= 0.6 is 15.9 Å². The van der Waals surface area contributed by atoms with E-state index in [1.165, 1.54) is 25.1 Å². The maximum absolute atomic E-state index is 12.9. The summed E-state index contributed by atoms with van der Waals surface area (Å²) < 4.78 is 44.9. The summed E-state index contributed by atoms with van der Waals surface area (Å²) in [7, 11) is 0. The van der Waals surface area contributed by atoms with Crippen LogP contribution in [0.2, 0.25) is 0 Å². The van der Waals surface area contributed by atoms with Crippen LogP contribution < -0.4 is 5.32 Å². The molecule has 1 aliphatic heterocycles. The van der Waals surface area contributed by atoms with Crippen LogP contribution in [0.25, 0.3) is 0 Å². The first-order valence-corrected chi connectivity index (χ1v) is 11.6. The minimum atomic E-state index is -4.46. The molecule has 2 aromatic heterocycles. The van der Waals surface area contributed by atoms with E-state index in [0.717, 1.165) is 50.9 Å². The monoisotopic (exact) mass is 497 g/mol. The van der Waals surface area contributed by atoms with Crippen LogP contribution in [0.1, 0.15) is 61.9 Å². The molecule has 0 bridgehead atoms. The Bertz CT molecular complexity index is 887. The number of hydrogen-bond acceptors (Lipinski definition) is 4. The predicted molar refractivity (Wildman–Crippen MR) is 116 cm³/mol. The highest BCUT2D eigenvalue weighted by Crippen LogP contribution is 2.49. The van der Waals surface area contributed by atoms with Crippen molar-refractivity contribution in [2.75, 3.05) is 13.2 Å². The van der Waals surface area contributed by atoms with Crippen molar-refractivity contribution in [2.24, 2.45) is 0 Å². The molecule has 1 aliphatic carbocycles. The summed E-state index contributed by atoms with van der Waals surface area (Å²) in [6.07, 6.45) is 6.15. The van der Waals surface area contributed by atoms with Gasteiger partial charge in [-0.3, -0.25) is 9.97 Å². The molecule has 4 nitrogen and oxygen atoms in total. The second-order valence-corrected chi connectivity index (χ2v) is 9.61. The highest BCUT2D eigenvalue weighted by atomic mass is 79.9. The van der Waals surface area contributed by atoms with Crippen molar-refractivity contribution in [3.8, 4) is 0 Å². The molecule has 4 rings (SSSR count). The fourth-order valence-electron chi connectivity index (χ4n) is 5.14. The Morgan fingerprint density at radius 2 is 1.94 bits per heavy atom. The third-order valence-corrected chi connectivity index (χ3v) is 7.25. The lowest BCUT2D eigenvalue weighted by Crippen LogP contribution is -2.47. The van der Waals surface area contributed by atoms with E-state index in [-0.39, 0.29) is 15.5 Å². The van der Waals surface area contributed by atoms with Gasteiger partial charge in [-0.2, -0.15) is 13.2 Å². The molecule has 2 aliphatic rings. The van der Waals surface area contributed by atoms with Crippen molar-refractivity contribution in [3.63, 3.8) is 0 Å². The van der Waals surface area contributed by atoms with Gasteiger partial charge in [0.2, 0.25) is 0 Å². The van der Waals surface area contributed by atoms with Gasteiger partial charge in [0.25, 0.3) is 0 Å². The van der Waals surface area contributed by atoms with Gasteiger partial charge in [0.1, 0.15) is 0 Å². The van der Waals surface area contributed by atoms with Crippen LogP contribution in [0, 0.1) is 0 Å². The van der Waals surface area contributed by atoms with Crippen LogP contribution in [-0.4, -0.2) is 28.7 Å². The Kier molecular flexibility index (Phi) is 6.70. The van der Waals surface area contributed by atoms with Crippen molar-refractivity contribution in [1.82, 2.24) is 15.3 Å². The van der Waals surface area contributed by atoms with Crippen molar-refractivity contribution in [1.29, 1.82) is 0 Å². The molecule has 8 heteroatoms. The average molecular weight is 498 g/mol. The Labute approximate surface area is 189 Å². The van der Waals surface area contributed by atoms with Crippen LogP contribution in [0.4, 0.5) is 13.2 Å². The van der Waals surface area contributed by atoms with Crippen LogP contribution in [0.3, 0.4) is 0 Å². The predicted octanol–water partition coefficient (Wildman–Crippen LogP) is 5.80. The van der Waals surface area contributed by atoms with Gasteiger partial charge in [-0.05, 0) is 78.3 Å². The molecular weight excluding hydrogens is 471 g/mol. The molecule has 3 heterocycles. The largest absolute Gasteiger partial charge is 0.434 e. The summed E-state index contributed by atoms with van der Waals surface area (Å²) in [6, 6.07) is 7.58. The molecule has 2 aromatic rings. The molecule has 0 radical (unpaired) electrons. The number of pyridine rings is 2. The molecule has 168 valence electrons. The number of nitrogens with zero attached hydrogens (tertiary/aromatic N) is 2. The van der Waals surface area contributed by atoms with Gasteiger partial charge in [-0.25, -0.2) is 0 Å². The van der Waals surface area contributed by atoms with E-state index in [0.29, 0.717) is 12.1 Å². The topological polar surface area (TPSA) is 47.0 Å². The lowest BCUT2D eigenvalue weighted by molar-refractivity contribution is -0.141. The molecule has 1 saturated carbocycles. The zero-order valence-electron chi connectivity index (χ0n) is 17.3. The van der Waals surface area contributed by atoms with Crippen LogP contribution in [0.5, 0.6) is 0 Å². The first kappa shape index (κ1) is 22.7. The van der Waals surface area contributed by atoms with Gasteiger partial charge in [0.15, 0.2) is 5.69 Å². The standard InChI is InChI=1S/C23H27BrF3N3O/c24-18-13-17(15-30-20(18)23(25,26)27)14-28-11-8-21(19-5-1-4-10-29-19)9-12-31-22(16-21)6-2-3-7-22/h1,4-5,10,13,15,28H,2-3,6-9,11-12,14,16H2/t21-/m1/s1. The molecular formula is C23H27BrF3N3O. The summed E-state index contributed by atoms with van der Waals surface area (Å²) in [5, 5.41) is 3.40. The molecule has 0 unspecified atom stereocenters. The third kappa shape index (κ3) is 5.12. The smallest absolute Gasteiger partial charge is 0.375 e. The summed E-state index contributed by atoms with van der Waals surface area (Å²) >= 11 is 3.00. The zero-order valence-corrected chi connectivity index (χ0v) is 18.9. The maximum Gasteiger partial charge on any atom is 0.434 e. The normalized spacial score (nSPS) is 23.4. The Morgan fingerprint density at radius 1 is 1.13 bits per heavy atom. The molecule has 1 spiro atoms. The van der Waals surface area contributed by atoms with Gasteiger partial charge in [-0.1, -0.05) is 18.9 Å². The summed E-state index contributed by atoms with van der Waals surface area (Å²) in [5.74, 6) is 0. The van der Waals surface area contributed by atoms with Crippen molar-refractivity contribution >= 4 is 15.9 Å². The third-order valence-electron chi connectivity index (χ3n) is 6.65. The van der Waals surface area contributed by atoms with E-state index in [9.17, 15) is 13.2 Å². The number of ether oxygens (including phenoxy) is 1. The molecule has 0 amide bonds. The Balaban J connectivity index is 1.42. The highest BCUT2D eigenvalue weighted by molar-refractivity contribution is 9.10. The van der Waals surface area contributed by atoms with Crippen molar-refractivity contribution < 1.29 is 17.9 Å². The molecule has 31 heavy (non-hydrogen) atoms. The Morgan fingerprint density at radius 3 is 2.61 bits per heavy atom. The average Bonchev–Trinajstić information content (AvgIpc) is 3.18. The second kappa shape index (κ2) is 9.16. The zero-order chi connectivity index (χ0) is 22.0. The van der Waals surface area contributed by atoms with E-state index >= 15 is 0 Å². The van der Waals surface area contributed by atoms with Crippen molar-refractivity contribution in [3.05, 3.63) is 58.1 Å². The van der Waals surface area contributed by atoms with Gasteiger partial charge in [-0.15, -0.1) is 0 Å².